The van der Waals surface area contributed by atoms with Gasteiger partial charge in [-0.05, 0) is 23.3 Å². The van der Waals surface area contributed by atoms with Gasteiger partial charge in [-0.2, -0.15) is 0 Å². The number of benzene rings is 2. The molecule has 1 saturated heterocycles. The third kappa shape index (κ3) is 4.07. The van der Waals surface area contributed by atoms with E-state index in [2.05, 4.69) is 5.32 Å². The third-order valence-electron chi connectivity index (χ3n) is 3.88. The molecule has 0 spiro atoms. The second-order valence-corrected chi connectivity index (χ2v) is 5.50. The van der Waals surface area contributed by atoms with Crippen molar-refractivity contribution >= 4 is 6.03 Å². The Bertz CT molecular complexity index is 646. The number of urea groups is 1. The lowest BCUT2D eigenvalue weighted by atomic mass is 10.1. The molecule has 1 aliphatic rings. The molecule has 2 aromatic carbocycles. The van der Waals surface area contributed by atoms with Gasteiger partial charge in [0.05, 0.1) is 13.2 Å². The van der Waals surface area contributed by atoms with E-state index in [0.29, 0.717) is 26.2 Å². The summed E-state index contributed by atoms with van der Waals surface area (Å²) in [6.07, 6.45) is -0.0958. The van der Waals surface area contributed by atoms with E-state index in [1.807, 2.05) is 30.3 Å². The van der Waals surface area contributed by atoms with Gasteiger partial charge in [-0.1, -0.05) is 42.5 Å². The predicted octanol–water partition coefficient (Wildman–Crippen LogP) is 3.11. The summed E-state index contributed by atoms with van der Waals surface area (Å²) in [6, 6.07) is 15.9. The van der Waals surface area contributed by atoms with E-state index >= 15 is 0 Å². The summed E-state index contributed by atoms with van der Waals surface area (Å²) in [5.41, 5.74) is 1.94. The number of hydrogen-bond acceptors (Lipinski definition) is 2. The molecule has 1 fully saturated rings. The molecule has 2 amide bonds. The molecule has 3 rings (SSSR count). The molecular weight excluding hydrogens is 295 g/mol. The molecular formula is C18H19FN2O2. The van der Waals surface area contributed by atoms with Crippen molar-refractivity contribution in [3.63, 3.8) is 0 Å². The number of carbonyl (C=O) groups excluding carboxylic acids is 1. The molecule has 1 N–H and O–H groups in total. The van der Waals surface area contributed by atoms with Crippen LogP contribution in [-0.2, 0) is 11.3 Å². The van der Waals surface area contributed by atoms with Gasteiger partial charge in [0.2, 0.25) is 0 Å². The fourth-order valence-corrected chi connectivity index (χ4v) is 2.59. The van der Waals surface area contributed by atoms with Crippen LogP contribution in [0.5, 0.6) is 0 Å². The van der Waals surface area contributed by atoms with Crippen LogP contribution in [0.15, 0.2) is 54.6 Å². The van der Waals surface area contributed by atoms with Gasteiger partial charge in [-0.3, -0.25) is 0 Å². The Morgan fingerprint density at radius 3 is 2.65 bits per heavy atom. The van der Waals surface area contributed by atoms with Crippen molar-refractivity contribution in [2.45, 2.75) is 12.6 Å². The maximum atomic E-state index is 12.9. The molecule has 4 nitrogen and oxygen atoms in total. The first-order valence-corrected chi connectivity index (χ1v) is 7.66. The number of hydrogen-bond donors (Lipinski definition) is 1. The highest BCUT2D eigenvalue weighted by molar-refractivity contribution is 5.74. The zero-order chi connectivity index (χ0) is 16.1. The first-order valence-electron chi connectivity index (χ1n) is 7.66. The van der Waals surface area contributed by atoms with Gasteiger partial charge in [0.15, 0.2) is 0 Å². The van der Waals surface area contributed by atoms with E-state index < -0.39 is 0 Å². The molecule has 23 heavy (non-hydrogen) atoms. The predicted molar refractivity (Wildman–Crippen MR) is 85.3 cm³/mol. The number of carbonyl (C=O) groups is 1. The second kappa shape index (κ2) is 7.24. The average Bonchev–Trinajstić information content (AvgIpc) is 2.62. The molecule has 1 atom stereocenters. The average molecular weight is 314 g/mol. The highest BCUT2D eigenvalue weighted by Crippen LogP contribution is 2.21. The first-order chi connectivity index (χ1) is 11.2. The Morgan fingerprint density at radius 1 is 1.17 bits per heavy atom. The molecule has 0 aliphatic carbocycles. The van der Waals surface area contributed by atoms with E-state index in [4.69, 9.17) is 4.74 Å². The summed E-state index contributed by atoms with van der Waals surface area (Å²) in [7, 11) is 0. The van der Waals surface area contributed by atoms with Crippen molar-refractivity contribution in [3.8, 4) is 0 Å². The SMILES string of the molecule is O=C(NCc1ccc(F)cc1)N1CCOC(c2ccccc2)C1. The van der Waals surface area contributed by atoms with Crippen LogP contribution in [0.1, 0.15) is 17.2 Å². The zero-order valence-electron chi connectivity index (χ0n) is 12.7. The van der Waals surface area contributed by atoms with Crippen molar-refractivity contribution in [2.75, 3.05) is 19.7 Å². The Morgan fingerprint density at radius 2 is 1.91 bits per heavy atom. The Balaban J connectivity index is 1.55. The summed E-state index contributed by atoms with van der Waals surface area (Å²) < 4.78 is 18.6. The zero-order valence-corrected chi connectivity index (χ0v) is 12.7. The second-order valence-electron chi connectivity index (χ2n) is 5.50. The van der Waals surface area contributed by atoms with E-state index in [9.17, 15) is 9.18 Å². The van der Waals surface area contributed by atoms with Gasteiger partial charge in [0, 0.05) is 13.1 Å². The topological polar surface area (TPSA) is 41.6 Å². The number of halogens is 1. The van der Waals surface area contributed by atoms with E-state index in [-0.39, 0.29) is 18.0 Å². The van der Waals surface area contributed by atoms with Gasteiger partial charge < -0.3 is 15.0 Å². The number of nitrogens with one attached hydrogen (secondary N) is 1. The van der Waals surface area contributed by atoms with Gasteiger partial charge in [0.1, 0.15) is 11.9 Å². The monoisotopic (exact) mass is 314 g/mol. The van der Waals surface area contributed by atoms with Crippen molar-refractivity contribution in [1.29, 1.82) is 0 Å². The molecule has 1 aliphatic heterocycles. The Kier molecular flexibility index (Phi) is 4.88. The quantitative estimate of drug-likeness (QED) is 0.946. The smallest absolute Gasteiger partial charge is 0.317 e. The van der Waals surface area contributed by atoms with Crippen LogP contribution in [0, 0.1) is 5.82 Å². The highest BCUT2D eigenvalue weighted by atomic mass is 19.1. The largest absolute Gasteiger partial charge is 0.370 e. The normalized spacial score (nSPS) is 17.8. The number of ether oxygens (including phenoxy) is 1. The molecule has 0 bridgehead atoms. The van der Waals surface area contributed by atoms with Crippen LogP contribution < -0.4 is 5.32 Å². The highest BCUT2D eigenvalue weighted by Gasteiger charge is 2.25. The lowest BCUT2D eigenvalue weighted by molar-refractivity contribution is -0.0154. The fraction of sp³-hybridized carbons (Fsp3) is 0.278. The molecule has 120 valence electrons. The van der Waals surface area contributed by atoms with Crippen LogP contribution in [-0.4, -0.2) is 30.6 Å². The van der Waals surface area contributed by atoms with Crippen molar-refractivity contribution in [2.24, 2.45) is 0 Å². The molecule has 2 aromatic rings. The van der Waals surface area contributed by atoms with Crippen LogP contribution in [0.2, 0.25) is 0 Å². The van der Waals surface area contributed by atoms with Gasteiger partial charge in [0.25, 0.3) is 0 Å². The van der Waals surface area contributed by atoms with E-state index in [1.165, 1.54) is 12.1 Å². The van der Waals surface area contributed by atoms with Crippen LogP contribution >= 0.6 is 0 Å². The van der Waals surface area contributed by atoms with Crippen LogP contribution in [0.3, 0.4) is 0 Å². The van der Waals surface area contributed by atoms with Gasteiger partial charge in [-0.15, -0.1) is 0 Å². The summed E-state index contributed by atoms with van der Waals surface area (Å²) in [4.78, 5) is 14.1. The van der Waals surface area contributed by atoms with E-state index in [0.717, 1.165) is 11.1 Å². The maximum absolute atomic E-state index is 12.9. The number of morpholine rings is 1. The molecule has 0 saturated carbocycles. The van der Waals surface area contributed by atoms with Crippen molar-refractivity contribution in [3.05, 3.63) is 71.5 Å². The lowest BCUT2D eigenvalue weighted by Crippen LogP contribution is -2.46. The standard InChI is InChI=1S/C18H19FN2O2/c19-16-8-6-14(7-9-16)12-20-18(22)21-10-11-23-17(13-21)15-4-2-1-3-5-15/h1-9,17H,10-13H2,(H,20,22). The van der Waals surface area contributed by atoms with Crippen molar-refractivity contribution in [1.82, 2.24) is 10.2 Å². The van der Waals surface area contributed by atoms with Crippen LogP contribution in [0.4, 0.5) is 9.18 Å². The molecule has 0 aromatic heterocycles. The van der Waals surface area contributed by atoms with Crippen LogP contribution in [0.25, 0.3) is 0 Å². The molecule has 0 radical (unpaired) electrons. The fourth-order valence-electron chi connectivity index (χ4n) is 2.59. The minimum Gasteiger partial charge on any atom is -0.370 e. The van der Waals surface area contributed by atoms with E-state index in [1.54, 1.807) is 17.0 Å². The first kappa shape index (κ1) is 15.5. The number of amides is 2. The van der Waals surface area contributed by atoms with Gasteiger partial charge in [-0.25, -0.2) is 9.18 Å². The summed E-state index contributed by atoms with van der Waals surface area (Å²) in [5.74, 6) is -0.279. The minimum absolute atomic E-state index is 0.0958. The number of nitrogens with zero attached hydrogens (tertiary/aromatic N) is 1. The molecule has 1 unspecified atom stereocenters. The summed E-state index contributed by atoms with van der Waals surface area (Å²) in [6.45, 7) is 1.99. The van der Waals surface area contributed by atoms with Crippen molar-refractivity contribution < 1.29 is 13.9 Å². The Labute approximate surface area is 134 Å². The van der Waals surface area contributed by atoms with Gasteiger partial charge >= 0.3 is 6.03 Å². The third-order valence-corrected chi connectivity index (χ3v) is 3.88. The number of rotatable bonds is 3. The summed E-state index contributed by atoms with van der Waals surface area (Å²) in [5, 5.41) is 2.87. The maximum Gasteiger partial charge on any atom is 0.317 e. The summed E-state index contributed by atoms with van der Waals surface area (Å²) >= 11 is 0. The molecule has 1 heterocycles. The minimum atomic E-state index is -0.279. The Hall–Kier alpha value is -2.40. The lowest BCUT2D eigenvalue weighted by Gasteiger charge is -2.33. The molecule has 5 heteroatoms.